The van der Waals surface area contributed by atoms with Crippen LogP contribution in [-0.4, -0.2) is 44.4 Å². The van der Waals surface area contributed by atoms with Gasteiger partial charge in [0.05, 0.1) is 30.5 Å². The van der Waals surface area contributed by atoms with E-state index in [1.54, 1.807) is 11.4 Å². The lowest BCUT2D eigenvalue weighted by Crippen LogP contribution is -2.53. The van der Waals surface area contributed by atoms with Gasteiger partial charge in [0.15, 0.2) is 0 Å². The number of amides is 1. The number of hydrogen-bond donors (Lipinski definition) is 3. The van der Waals surface area contributed by atoms with Crippen LogP contribution in [0.15, 0.2) is 22.6 Å². The summed E-state index contributed by atoms with van der Waals surface area (Å²) < 4.78 is 1.19. The monoisotopic (exact) mass is 297 g/mol. The summed E-state index contributed by atoms with van der Waals surface area (Å²) in [5.41, 5.74) is -1.40. The van der Waals surface area contributed by atoms with Crippen LogP contribution in [0.5, 0.6) is 0 Å². The Labute approximate surface area is 118 Å². The van der Waals surface area contributed by atoms with Crippen molar-refractivity contribution in [3.63, 3.8) is 0 Å². The standard InChI is InChI=1S/C12H15N3O4S/c1-12(5-16,6-17)14-9(18)4-15-7-13-10-8(11(15)19)2-3-20-10/h2-3,7,16-17H,4-6H2,1H3,(H,14,18). The molecule has 0 fully saturated rings. The zero-order valence-electron chi connectivity index (χ0n) is 10.9. The summed E-state index contributed by atoms with van der Waals surface area (Å²) in [6, 6.07) is 1.66. The maximum Gasteiger partial charge on any atom is 0.262 e. The summed E-state index contributed by atoms with van der Waals surface area (Å²) in [7, 11) is 0. The number of carbonyl (C=O) groups is 1. The zero-order valence-corrected chi connectivity index (χ0v) is 11.7. The summed E-state index contributed by atoms with van der Waals surface area (Å²) >= 11 is 1.36. The second-order valence-electron chi connectivity index (χ2n) is 4.74. The topological polar surface area (TPSA) is 104 Å². The number of nitrogens with zero attached hydrogens (tertiary/aromatic N) is 2. The molecular formula is C12H15N3O4S. The van der Waals surface area contributed by atoms with Crippen molar-refractivity contribution in [2.75, 3.05) is 13.2 Å². The van der Waals surface area contributed by atoms with Crippen molar-refractivity contribution in [3.05, 3.63) is 28.1 Å². The number of carbonyl (C=O) groups excluding carboxylic acids is 1. The van der Waals surface area contributed by atoms with Gasteiger partial charge in [0, 0.05) is 0 Å². The molecule has 2 aromatic heterocycles. The van der Waals surface area contributed by atoms with Crippen molar-refractivity contribution in [2.24, 2.45) is 0 Å². The second-order valence-corrected chi connectivity index (χ2v) is 5.64. The SMILES string of the molecule is CC(CO)(CO)NC(=O)Cn1cnc2sccc2c1=O. The van der Waals surface area contributed by atoms with Gasteiger partial charge in [-0.05, 0) is 18.4 Å². The van der Waals surface area contributed by atoms with Gasteiger partial charge in [-0.15, -0.1) is 11.3 Å². The first-order chi connectivity index (χ1) is 9.49. The fraction of sp³-hybridized carbons (Fsp3) is 0.417. The first-order valence-electron chi connectivity index (χ1n) is 5.94. The first kappa shape index (κ1) is 14.6. The number of fused-ring (bicyclic) bond motifs is 1. The molecule has 2 rings (SSSR count). The summed E-state index contributed by atoms with van der Waals surface area (Å²) in [4.78, 5) is 28.7. The maximum atomic E-state index is 12.1. The van der Waals surface area contributed by atoms with Gasteiger partial charge in [0.25, 0.3) is 5.56 Å². The minimum absolute atomic E-state index is 0.215. The Morgan fingerprint density at radius 3 is 2.85 bits per heavy atom. The van der Waals surface area contributed by atoms with Crippen LogP contribution in [-0.2, 0) is 11.3 Å². The van der Waals surface area contributed by atoms with Crippen LogP contribution in [0.1, 0.15) is 6.92 Å². The summed E-state index contributed by atoms with van der Waals surface area (Å²) in [6.45, 7) is 0.499. The van der Waals surface area contributed by atoms with Crippen molar-refractivity contribution in [1.82, 2.24) is 14.9 Å². The third kappa shape index (κ3) is 2.87. The fourth-order valence-electron chi connectivity index (χ4n) is 1.67. The normalized spacial score (nSPS) is 11.8. The van der Waals surface area contributed by atoms with Crippen molar-refractivity contribution in [3.8, 4) is 0 Å². The molecule has 0 aliphatic heterocycles. The Balaban J connectivity index is 2.18. The molecule has 0 spiro atoms. The number of hydrogen-bond acceptors (Lipinski definition) is 6. The van der Waals surface area contributed by atoms with E-state index in [9.17, 15) is 9.59 Å². The fourth-order valence-corrected chi connectivity index (χ4v) is 2.39. The molecule has 0 saturated carbocycles. The highest BCUT2D eigenvalue weighted by molar-refractivity contribution is 7.16. The highest BCUT2D eigenvalue weighted by Crippen LogP contribution is 2.13. The molecule has 3 N–H and O–H groups in total. The minimum Gasteiger partial charge on any atom is -0.394 e. The van der Waals surface area contributed by atoms with Crippen molar-refractivity contribution in [2.45, 2.75) is 19.0 Å². The molecule has 0 unspecified atom stereocenters. The molecule has 0 bridgehead atoms. The number of aromatic nitrogens is 2. The molecule has 1 amide bonds. The largest absolute Gasteiger partial charge is 0.394 e. The predicted octanol–water partition coefficient (Wildman–Crippen LogP) is -0.683. The highest BCUT2D eigenvalue weighted by atomic mass is 32.1. The third-order valence-corrected chi connectivity index (χ3v) is 3.72. The third-order valence-electron chi connectivity index (χ3n) is 2.90. The van der Waals surface area contributed by atoms with Crippen LogP contribution in [0, 0.1) is 0 Å². The molecular weight excluding hydrogens is 282 g/mol. The predicted molar refractivity (Wildman–Crippen MR) is 74.6 cm³/mol. The average molecular weight is 297 g/mol. The highest BCUT2D eigenvalue weighted by Gasteiger charge is 2.24. The summed E-state index contributed by atoms with van der Waals surface area (Å²) in [5, 5.41) is 22.9. The molecule has 20 heavy (non-hydrogen) atoms. The lowest BCUT2D eigenvalue weighted by molar-refractivity contribution is -0.124. The van der Waals surface area contributed by atoms with E-state index in [2.05, 4.69) is 10.3 Å². The van der Waals surface area contributed by atoms with Gasteiger partial charge in [-0.2, -0.15) is 0 Å². The van der Waals surface area contributed by atoms with Gasteiger partial charge < -0.3 is 15.5 Å². The smallest absolute Gasteiger partial charge is 0.262 e. The Hall–Kier alpha value is -1.77. The van der Waals surface area contributed by atoms with E-state index in [4.69, 9.17) is 10.2 Å². The van der Waals surface area contributed by atoms with E-state index in [0.717, 1.165) is 0 Å². The van der Waals surface area contributed by atoms with Gasteiger partial charge in [-0.3, -0.25) is 14.2 Å². The molecule has 0 aliphatic rings. The van der Waals surface area contributed by atoms with Crippen LogP contribution in [0.25, 0.3) is 10.2 Å². The molecule has 0 saturated heterocycles. The van der Waals surface area contributed by atoms with E-state index >= 15 is 0 Å². The van der Waals surface area contributed by atoms with E-state index in [1.165, 1.54) is 29.2 Å². The minimum atomic E-state index is -1.11. The molecule has 0 aromatic carbocycles. The Morgan fingerprint density at radius 2 is 2.20 bits per heavy atom. The molecule has 0 radical (unpaired) electrons. The number of rotatable bonds is 5. The summed E-state index contributed by atoms with van der Waals surface area (Å²) in [6.07, 6.45) is 1.32. The lowest BCUT2D eigenvalue weighted by Gasteiger charge is -2.26. The number of nitrogens with one attached hydrogen (secondary N) is 1. The van der Waals surface area contributed by atoms with E-state index in [1.807, 2.05) is 0 Å². The van der Waals surface area contributed by atoms with E-state index < -0.39 is 24.7 Å². The average Bonchev–Trinajstić information content (AvgIpc) is 2.91. The summed E-state index contributed by atoms with van der Waals surface area (Å²) in [5.74, 6) is -0.478. The molecule has 0 atom stereocenters. The van der Waals surface area contributed by atoms with Crippen LogP contribution >= 0.6 is 11.3 Å². The van der Waals surface area contributed by atoms with Gasteiger partial charge >= 0.3 is 0 Å². The second kappa shape index (κ2) is 5.70. The maximum absolute atomic E-state index is 12.1. The molecule has 108 valence electrons. The van der Waals surface area contributed by atoms with Crippen LogP contribution in [0.3, 0.4) is 0 Å². The Kier molecular flexibility index (Phi) is 4.17. The van der Waals surface area contributed by atoms with Crippen molar-refractivity contribution in [1.29, 1.82) is 0 Å². The van der Waals surface area contributed by atoms with E-state index in [0.29, 0.717) is 10.2 Å². The zero-order chi connectivity index (χ0) is 14.8. The number of thiophene rings is 1. The Morgan fingerprint density at radius 1 is 1.50 bits per heavy atom. The first-order valence-corrected chi connectivity index (χ1v) is 6.82. The van der Waals surface area contributed by atoms with Gasteiger partial charge in [-0.25, -0.2) is 4.98 Å². The van der Waals surface area contributed by atoms with Crippen molar-refractivity contribution < 1.29 is 15.0 Å². The van der Waals surface area contributed by atoms with Crippen LogP contribution in [0.4, 0.5) is 0 Å². The van der Waals surface area contributed by atoms with Gasteiger partial charge in [0.2, 0.25) is 5.91 Å². The number of aliphatic hydroxyl groups excluding tert-OH is 2. The molecule has 2 aromatic rings. The lowest BCUT2D eigenvalue weighted by atomic mass is 10.1. The van der Waals surface area contributed by atoms with E-state index in [-0.39, 0.29) is 12.1 Å². The van der Waals surface area contributed by atoms with Crippen molar-refractivity contribution >= 4 is 27.5 Å². The quantitative estimate of drug-likeness (QED) is 0.678. The Bertz CT molecular complexity index is 675. The molecule has 0 aliphatic carbocycles. The molecule has 2 heterocycles. The van der Waals surface area contributed by atoms with Gasteiger partial charge in [0.1, 0.15) is 11.4 Å². The van der Waals surface area contributed by atoms with Crippen LogP contribution in [0.2, 0.25) is 0 Å². The van der Waals surface area contributed by atoms with Gasteiger partial charge in [-0.1, -0.05) is 0 Å². The molecule has 7 nitrogen and oxygen atoms in total. The number of aliphatic hydroxyl groups is 2. The molecule has 8 heteroatoms. The van der Waals surface area contributed by atoms with Crippen LogP contribution < -0.4 is 10.9 Å².